The van der Waals surface area contributed by atoms with Crippen molar-refractivity contribution in [2.45, 2.75) is 33.3 Å². The number of nitrogens with zero attached hydrogens (tertiary/aromatic N) is 1. The van der Waals surface area contributed by atoms with Crippen LogP contribution >= 0.6 is 11.8 Å². The molecule has 0 unspecified atom stereocenters. The van der Waals surface area contributed by atoms with Gasteiger partial charge in [0, 0.05) is 5.56 Å². The SMILES string of the molecule is CCOc1ccccc1/C=C1/SC(=O)N(CC(=O)O[C@H](C)CC)C1=O. The van der Waals surface area contributed by atoms with Crippen LogP contribution in [0, 0.1) is 0 Å². The molecule has 1 fully saturated rings. The molecular formula is C18H21NO5S. The zero-order valence-corrected chi connectivity index (χ0v) is 15.3. The summed E-state index contributed by atoms with van der Waals surface area (Å²) in [5.74, 6) is -0.456. The van der Waals surface area contributed by atoms with Crippen molar-refractivity contribution in [1.82, 2.24) is 4.90 Å². The van der Waals surface area contributed by atoms with E-state index in [4.69, 9.17) is 9.47 Å². The lowest BCUT2D eigenvalue weighted by molar-refractivity contribution is -0.150. The predicted octanol–water partition coefficient (Wildman–Crippen LogP) is 3.46. The minimum absolute atomic E-state index is 0.249. The number of rotatable bonds is 7. The molecule has 1 aliphatic rings. The first-order valence-electron chi connectivity index (χ1n) is 8.12. The maximum Gasteiger partial charge on any atom is 0.326 e. The fraction of sp³-hybridized carbons (Fsp3) is 0.389. The lowest BCUT2D eigenvalue weighted by Crippen LogP contribution is -2.35. The third-order valence-corrected chi connectivity index (χ3v) is 4.48. The lowest BCUT2D eigenvalue weighted by atomic mass is 10.2. The molecular weight excluding hydrogens is 342 g/mol. The summed E-state index contributed by atoms with van der Waals surface area (Å²) in [5, 5.41) is -0.480. The lowest BCUT2D eigenvalue weighted by Gasteiger charge is -2.14. The van der Waals surface area contributed by atoms with E-state index in [9.17, 15) is 14.4 Å². The molecule has 2 amide bonds. The summed E-state index contributed by atoms with van der Waals surface area (Å²) in [6, 6.07) is 7.25. The Labute approximate surface area is 151 Å². The molecule has 1 atom stereocenters. The van der Waals surface area contributed by atoms with Crippen LogP contribution in [0.25, 0.3) is 6.08 Å². The van der Waals surface area contributed by atoms with Crippen LogP contribution in [-0.2, 0) is 14.3 Å². The Balaban J connectivity index is 2.14. The number of carbonyl (C=O) groups excluding carboxylic acids is 3. The number of amides is 2. The summed E-state index contributed by atoms with van der Waals surface area (Å²) in [5.41, 5.74) is 0.706. The standard InChI is InChI=1S/C18H21NO5S/c1-4-12(3)24-16(20)11-19-17(21)15(25-18(19)22)10-13-8-6-7-9-14(13)23-5-2/h6-10,12H,4-5,11H2,1-3H3/b15-10+/t12-/m1/s1. The Morgan fingerprint density at radius 1 is 1.28 bits per heavy atom. The molecule has 7 heteroatoms. The monoisotopic (exact) mass is 363 g/mol. The fourth-order valence-electron chi connectivity index (χ4n) is 2.14. The van der Waals surface area contributed by atoms with Gasteiger partial charge in [-0.2, -0.15) is 0 Å². The van der Waals surface area contributed by atoms with E-state index in [2.05, 4.69) is 0 Å². The number of hydrogen-bond donors (Lipinski definition) is 0. The van der Waals surface area contributed by atoms with Gasteiger partial charge in [-0.1, -0.05) is 25.1 Å². The van der Waals surface area contributed by atoms with Gasteiger partial charge in [0.2, 0.25) is 0 Å². The van der Waals surface area contributed by atoms with Crippen LogP contribution in [0.15, 0.2) is 29.2 Å². The summed E-state index contributed by atoms with van der Waals surface area (Å²) in [6.07, 6.45) is 2.03. The van der Waals surface area contributed by atoms with Crippen LogP contribution in [0.5, 0.6) is 5.75 Å². The van der Waals surface area contributed by atoms with Crippen LogP contribution < -0.4 is 4.74 Å². The zero-order chi connectivity index (χ0) is 18.4. The molecule has 0 N–H and O–H groups in total. The van der Waals surface area contributed by atoms with E-state index in [1.807, 2.05) is 26.0 Å². The predicted molar refractivity (Wildman–Crippen MR) is 96.1 cm³/mol. The highest BCUT2D eigenvalue weighted by Crippen LogP contribution is 2.33. The number of benzene rings is 1. The average molecular weight is 363 g/mol. The number of ether oxygens (including phenoxy) is 2. The normalized spacial score (nSPS) is 17.1. The second kappa shape index (κ2) is 8.71. The smallest absolute Gasteiger partial charge is 0.326 e. The molecule has 25 heavy (non-hydrogen) atoms. The molecule has 0 radical (unpaired) electrons. The van der Waals surface area contributed by atoms with Gasteiger partial charge in [0.15, 0.2) is 0 Å². The van der Waals surface area contributed by atoms with Crippen LogP contribution in [0.1, 0.15) is 32.8 Å². The van der Waals surface area contributed by atoms with E-state index in [0.29, 0.717) is 24.3 Å². The van der Waals surface area contributed by atoms with E-state index >= 15 is 0 Å². The summed E-state index contributed by atoms with van der Waals surface area (Å²) in [4.78, 5) is 37.5. The van der Waals surface area contributed by atoms with Crippen molar-refractivity contribution < 1.29 is 23.9 Å². The largest absolute Gasteiger partial charge is 0.493 e. The molecule has 0 aromatic heterocycles. The quantitative estimate of drug-likeness (QED) is 0.546. The summed E-state index contributed by atoms with van der Waals surface area (Å²) in [6.45, 7) is 5.63. The van der Waals surface area contributed by atoms with Crippen molar-refractivity contribution in [3.05, 3.63) is 34.7 Å². The van der Waals surface area contributed by atoms with Gasteiger partial charge in [0.1, 0.15) is 12.3 Å². The van der Waals surface area contributed by atoms with Crippen LogP contribution in [0.3, 0.4) is 0 Å². The Morgan fingerprint density at radius 2 is 2.00 bits per heavy atom. The van der Waals surface area contributed by atoms with Crippen LogP contribution in [0.4, 0.5) is 4.79 Å². The highest BCUT2D eigenvalue weighted by molar-refractivity contribution is 8.18. The number of carbonyl (C=O) groups is 3. The Bertz CT molecular complexity index is 700. The minimum Gasteiger partial charge on any atom is -0.493 e. The van der Waals surface area contributed by atoms with E-state index in [1.54, 1.807) is 25.1 Å². The fourth-order valence-corrected chi connectivity index (χ4v) is 2.97. The minimum atomic E-state index is -0.590. The maximum absolute atomic E-state index is 12.4. The van der Waals surface area contributed by atoms with Crippen molar-refractivity contribution >= 4 is 35.0 Å². The van der Waals surface area contributed by atoms with Gasteiger partial charge >= 0.3 is 5.97 Å². The van der Waals surface area contributed by atoms with Crippen molar-refractivity contribution in [2.24, 2.45) is 0 Å². The summed E-state index contributed by atoms with van der Waals surface area (Å²) < 4.78 is 10.6. The molecule has 1 aliphatic heterocycles. The molecule has 1 aromatic rings. The third kappa shape index (κ3) is 4.85. The van der Waals surface area contributed by atoms with E-state index in [1.165, 1.54) is 0 Å². The first kappa shape index (κ1) is 19.1. The van der Waals surface area contributed by atoms with E-state index in [-0.39, 0.29) is 17.6 Å². The van der Waals surface area contributed by atoms with Crippen molar-refractivity contribution in [3.8, 4) is 5.75 Å². The van der Waals surface area contributed by atoms with Gasteiger partial charge < -0.3 is 9.47 Å². The Hall–Kier alpha value is -2.28. The number of thioether (sulfide) groups is 1. The van der Waals surface area contributed by atoms with Crippen LogP contribution in [0.2, 0.25) is 0 Å². The summed E-state index contributed by atoms with van der Waals surface area (Å²) in [7, 11) is 0. The number of para-hydroxylation sites is 1. The maximum atomic E-state index is 12.4. The molecule has 6 nitrogen and oxygen atoms in total. The molecule has 0 saturated carbocycles. The Kier molecular flexibility index (Phi) is 6.64. The van der Waals surface area contributed by atoms with Gasteiger partial charge in [0.05, 0.1) is 17.6 Å². The van der Waals surface area contributed by atoms with Crippen LogP contribution in [-0.4, -0.2) is 41.3 Å². The highest BCUT2D eigenvalue weighted by atomic mass is 32.2. The molecule has 2 rings (SSSR count). The van der Waals surface area contributed by atoms with Gasteiger partial charge in [0.25, 0.3) is 11.1 Å². The first-order valence-corrected chi connectivity index (χ1v) is 8.94. The number of imide groups is 1. The third-order valence-electron chi connectivity index (χ3n) is 3.57. The van der Waals surface area contributed by atoms with Gasteiger partial charge in [-0.15, -0.1) is 0 Å². The molecule has 134 valence electrons. The number of hydrogen-bond acceptors (Lipinski definition) is 6. The van der Waals surface area contributed by atoms with Gasteiger partial charge in [-0.05, 0) is 44.2 Å². The van der Waals surface area contributed by atoms with E-state index < -0.39 is 17.1 Å². The second-order valence-electron chi connectivity index (χ2n) is 5.45. The first-order chi connectivity index (χ1) is 12.0. The van der Waals surface area contributed by atoms with Crippen molar-refractivity contribution in [1.29, 1.82) is 0 Å². The second-order valence-corrected chi connectivity index (χ2v) is 6.44. The summed E-state index contributed by atoms with van der Waals surface area (Å²) >= 11 is 0.805. The molecule has 1 aromatic carbocycles. The molecule has 1 saturated heterocycles. The zero-order valence-electron chi connectivity index (χ0n) is 14.5. The number of esters is 1. The topological polar surface area (TPSA) is 72.9 Å². The van der Waals surface area contributed by atoms with E-state index in [0.717, 1.165) is 16.7 Å². The molecule has 0 bridgehead atoms. The Morgan fingerprint density at radius 3 is 2.68 bits per heavy atom. The highest BCUT2D eigenvalue weighted by Gasteiger charge is 2.37. The molecule has 0 spiro atoms. The van der Waals surface area contributed by atoms with Crippen molar-refractivity contribution in [2.75, 3.05) is 13.2 Å². The molecule has 0 aliphatic carbocycles. The molecule has 1 heterocycles. The van der Waals surface area contributed by atoms with Gasteiger partial charge in [-0.25, -0.2) is 0 Å². The van der Waals surface area contributed by atoms with Crippen molar-refractivity contribution in [3.63, 3.8) is 0 Å². The van der Waals surface area contributed by atoms with Gasteiger partial charge in [-0.3, -0.25) is 19.3 Å². The average Bonchev–Trinajstić information content (AvgIpc) is 2.84.